The normalized spacial score (nSPS) is 10.7. The van der Waals surface area contributed by atoms with Crippen molar-refractivity contribution in [2.75, 3.05) is 0 Å². The maximum atomic E-state index is 13.1. The summed E-state index contributed by atoms with van der Waals surface area (Å²) in [6, 6.07) is 13.3. The summed E-state index contributed by atoms with van der Waals surface area (Å²) in [4.78, 5) is 7.95. The van der Waals surface area contributed by atoms with Gasteiger partial charge in [-0.3, -0.25) is 4.98 Å². The van der Waals surface area contributed by atoms with E-state index in [1.165, 1.54) is 12.3 Å². The zero-order valence-corrected chi connectivity index (χ0v) is 9.68. The van der Waals surface area contributed by atoms with Crippen LogP contribution < -0.4 is 0 Å². The lowest BCUT2D eigenvalue weighted by Gasteiger charge is -2.05. The molecule has 0 radical (unpaired) electrons. The van der Waals surface area contributed by atoms with Crippen LogP contribution in [0.2, 0.25) is 0 Å². The number of nitrogens with zero attached hydrogens (tertiary/aromatic N) is 2. The number of pyridine rings is 2. The molecule has 2 heterocycles. The Kier molecular flexibility index (Phi) is 2.73. The molecule has 0 bridgehead atoms. The third kappa shape index (κ3) is 2.07. The zero-order chi connectivity index (χ0) is 12.4. The summed E-state index contributed by atoms with van der Waals surface area (Å²) >= 11 is 0. The molecule has 18 heavy (non-hydrogen) atoms. The first-order valence-electron chi connectivity index (χ1n) is 5.76. The molecule has 3 heteroatoms. The predicted molar refractivity (Wildman–Crippen MR) is 68.7 cm³/mol. The lowest BCUT2D eigenvalue weighted by molar-refractivity contribution is 0.582. The van der Waals surface area contributed by atoms with Gasteiger partial charge in [-0.1, -0.05) is 24.3 Å². The van der Waals surface area contributed by atoms with E-state index in [9.17, 15) is 4.39 Å². The first-order valence-corrected chi connectivity index (χ1v) is 5.76. The molecule has 0 saturated heterocycles. The van der Waals surface area contributed by atoms with Gasteiger partial charge in [-0.2, -0.15) is 4.39 Å². The second-order valence-corrected chi connectivity index (χ2v) is 4.16. The van der Waals surface area contributed by atoms with Crippen molar-refractivity contribution in [3.63, 3.8) is 0 Å². The highest BCUT2D eigenvalue weighted by atomic mass is 19.1. The van der Waals surface area contributed by atoms with Gasteiger partial charge in [0.1, 0.15) is 0 Å². The van der Waals surface area contributed by atoms with Crippen molar-refractivity contribution in [1.82, 2.24) is 9.97 Å². The van der Waals surface area contributed by atoms with Gasteiger partial charge < -0.3 is 0 Å². The molecule has 2 aromatic heterocycles. The van der Waals surface area contributed by atoms with Gasteiger partial charge in [0.2, 0.25) is 5.95 Å². The molecule has 0 aliphatic rings. The van der Waals surface area contributed by atoms with Crippen LogP contribution in [0.3, 0.4) is 0 Å². The summed E-state index contributed by atoms with van der Waals surface area (Å²) in [6.45, 7) is 0. The fourth-order valence-corrected chi connectivity index (χ4v) is 2.08. The van der Waals surface area contributed by atoms with Crippen LogP contribution in [-0.2, 0) is 6.42 Å². The molecule has 0 atom stereocenters. The van der Waals surface area contributed by atoms with E-state index in [-0.39, 0.29) is 0 Å². The Bertz CT molecular complexity index is 689. The van der Waals surface area contributed by atoms with Crippen LogP contribution in [0.1, 0.15) is 11.1 Å². The van der Waals surface area contributed by atoms with Crippen LogP contribution in [-0.4, -0.2) is 9.97 Å². The van der Waals surface area contributed by atoms with Gasteiger partial charge in [-0.25, -0.2) is 4.98 Å². The molecular formula is C15H11FN2. The molecule has 0 spiro atoms. The number of benzene rings is 1. The molecule has 0 fully saturated rings. The van der Waals surface area contributed by atoms with Crippen molar-refractivity contribution >= 4 is 10.9 Å². The van der Waals surface area contributed by atoms with Crippen molar-refractivity contribution in [2.45, 2.75) is 6.42 Å². The second-order valence-electron chi connectivity index (χ2n) is 4.16. The molecule has 0 amide bonds. The number of hydrogen-bond donors (Lipinski definition) is 0. The van der Waals surface area contributed by atoms with E-state index in [2.05, 4.69) is 9.97 Å². The summed E-state index contributed by atoms with van der Waals surface area (Å²) in [6.07, 6.45) is 3.93. The monoisotopic (exact) mass is 238 g/mol. The average molecular weight is 238 g/mol. The van der Waals surface area contributed by atoms with Crippen LogP contribution in [0, 0.1) is 5.95 Å². The largest absolute Gasteiger partial charge is 0.256 e. The smallest absolute Gasteiger partial charge is 0.213 e. The molecule has 0 aliphatic carbocycles. The van der Waals surface area contributed by atoms with E-state index in [0.29, 0.717) is 6.42 Å². The van der Waals surface area contributed by atoms with Crippen molar-refractivity contribution in [1.29, 1.82) is 0 Å². The van der Waals surface area contributed by atoms with Crippen molar-refractivity contribution in [3.05, 3.63) is 71.9 Å². The topological polar surface area (TPSA) is 25.8 Å². The van der Waals surface area contributed by atoms with Crippen LogP contribution in [0.25, 0.3) is 10.9 Å². The minimum absolute atomic E-state index is 0.444. The van der Waals surface area contributed by atoms with Crippen LogP contribution in [0.15, 0.2) is 54.9 Å². The van der Waals surface area contributed by atoms with Gasteiger partial charge in [0.05, 0.1) is 5.52 Å². The zero-order valence-electron chi connectivity index (χ0n) is 9.68. The van der Waals surface area contributed by atoms with E-state index in [4.69, 9.17) is 0 Å². The van der Waals surface area contributed by atoms with Gasteiger partial charge in [0, 0.05) is 17.8 Å². The quantitative estimate of drug-likeness (QED) is 0.640. The Labute approximate surface area is 104 Å². The molecule has 1 aromatic carbocycles. The summed E-state index contributed by atoms with van der Waals surface area (Å²) in [5.41, 5.74) is 2.97. The minimum Gasteiger partial charge on any atom is -0.256 e. The molecule has 3 aromatic rings. The fourth-order valence-electron chi connectivity index (χ4n) is 2.08. The second kappa shape index (κ2) is 4.53. The Morgan fingerprint density at radius 2 is 1.83 bits per heavy atom. The number of rotatable bonds is 2. The van der Waals surface area contributed by atoms with Gasteiger partial charge in [0.25, 0.3) is 0 Å². The maximum Gasteiger partial charge on any atom is 0.213 e. The summed E-state index contributed by atoms with van der Waals surface area (Å²) < 4.78 is 13.1. The average Bonchev–Trinajstić information content (AvgIpc) is 2.39. The Morgan fingerprint density at radius 1 is 0.944 bits per heavy atom. The third-order valence-electron chi connectivity index (χ3n) is 2.90. The first-order chi connectivity index (χ1) is 8.83. The summed E-state index contributed by atoms with van der Waals surface area (Å²) in [5.74, 6) is -0.444. The highest BCUT2D eigenvalue weighted by molar-refractivity contribution is 5.81. The minimum atomic E-state index is -0.444. The molecule has 88 valence electrons. The van der Waals surface area contributed by atoms with Gasteiger partial charge in [-0.05, 0) is 35.7 Å². The number of fused-ring (bicyclic) bond motifs is 1. The van der Waals surface area contributed by atoms with Gasteiger partial charge in [-0.15, -0.1) is 0 Å². The van der Waals surface area contributed by atoms with E-state index in [1.807, 2.05) is 36.4 Å². The van der Waals surface area contributed by atoms with Crippen LogP contribution in [0.5, 0.6) is 0 Å². The highest BCUT2D eigenvalue weighted by Gasteiger charge is 2.03. The van der Waals surface area contributed by atoms with Crippen LogP contribution in [0.4, 0.5) is 4.39 Å². The van der Waals surface area contributed by atoms with Crippen molar-refractivity contribution in [2.24, 2.45) is 0 Å². The number of aromatic nitrogens is 2. The van der Waals surface area contributed by atoms with Gasteiger partial charge in [0.15, 0.2) is 0 Å². The Balaban J connectivity index is 2.05. The Morgan fingerprint density at radius 3 is 2.72 bits per heavy atom. The maximum absolute atomic E-state index is 13.1. The number of hydrogen-bond acceptors (Lipinski definition) is 2. The number of halogens is 1. The van der Waals surface area contributed by atoms with Crippen LogP contribution >= 0.6 is 0 Å². The first kappa shape index (κ1) is 10.8. The Hall–Kier alpha value is -2.29. The SMILES string of the molecule is Fc1cc(Cc2cccc3cccnc23)ccn1. The lowest BCUT2D eigenvalue weighted by atomic mass is 10.0. The lowest BCUT2D eigenvalue weighted by Crippen LogP contribution is -1.93. The van der Waals surface area contributed by atoms with Gasteiger partial charge >= 0.3 is 0 Å². The molecular weight excluding hydrogens is 227 g/mol. The fraction of sp³-hybridized carbons (Fsp3) is 0.0667. The molecule has 0 aliphatic heterocycles. The third-order valence-corrected chi connectivity index (χ3v) is 2.90. The number of para-hydroxylation sites is 1. The molecule has 0 unspecified atom stereocenters. The van der Waals surface area contributed by atoms with E-state index < -0.39 is 5.95 Å². The van der Waals surface area contributed by atoms with E-state index >= 15 is 0 Å². The predicted octanol–water partition coefficient (Wildman–Crippen LogP) is 3.36. The van der Waals surface area contributed by atoms with Crippen molar-refractivity contribution < 1.29 is 4.39 Å². The summed E-state index contributed by atoms with van der Waals surface area (Å²) in [5, 5.41) is 1.10. The molecule has 0 N–H and O–H groups in total. The molecule has 0 saturated carbocycles. The van der Waals surface area contributed by atoms with Crippen molar-refractivity contribution in [3.8, 4) is 0 Å². The standard InChI is InChI=1S/C15H11FN2/c16-14-10-11(6-8-17-14)9-13-4-1-3-12-5-2-7-18-15(12)13/h1-8,10H,9H2. The molecule has 3 rings (SSSR count). The van der Waals surface area contributed by atoms with E-state index in [1.54, 1.807) is 6.20 Å². The van der Waals surface area contributed by atoms with E-state index in [0.717, 1.165) is 22.0 Å². The summed E-state index contributed by atoms with van der Waals surface area (Å²) in [7, 11) is 0. The highest BCUT2D eigenvalue weighted by Crippen LogP contribution is 2.19. The molecule has 2 nitrogen and oxygen atoms in total.